The van der Waals surface area contributed by atoms with Crippen molar-refractivity contribution in [2.45, 2.75) is 19.1 Å². The second kappa shape index (κ2) is 8.19. The number of piperazine rings is 1. The van der Waals surface area contributed by atoms with E-state index in [2.05, 4.69) is 0 Å². The molecule has 27 heavy (non-hydrogen) atoms. The van der Waals surface area contributed by atoms with Crippen LogP contribution in [0.4, 0.5) is 4.39 Å². The van der Waals surface area contributed by atoms with E-state index in [9.17, 15) is 17.6 Å². The number of halogens is 1. The van der Waals surface area contributed by atoms with Gasteiger partial charge in [-0.1, -0.05) is 36.4 Å². The van der Waals surface area contributed by atoms with Crippen LogP contribution in [-0.4, -0.2) is 49.7 Å². The number of carbonyl (C=O) groups is 1. The molecule has 5 nitrogen and oxygen atoms in total. The van der Waals surface area contributed by atoms with E-state index in [4.69, 9.17) is 0 Å². The molecule has 2 aromatic rings. The predicted octanol–water partition coefficient (Wildman–Crippen LogP) is 2.35. The second-order valence-corrected chi connectivity index (χ2v) is 8.73. The molecule has 2 aromatic carbocycles. The van der Waals surface area contributed by atoms with Gasteiger partial charge in [0.05, 0.1) is 12.2 Å². The zero-order valence-corrected chi connectivity index (χ0v) is 16.1. The van der Waals surface area contributed by atoms with Gasteiger partial charge >= 0.3 is 0 Å². The molecule has 3 rings (SSSR count). The summed E-state index contributed by atoms with van der Waals surface area (Å²) < 4.78 is 39.8. The summed E-state index contributed by atoms with van der Waals surface area (Å²) in [5, 5.41) is 0. The summed E-state index contributed by atoms with van der Waals surface area (Å²) in [5.74, 6) is -0.431. The number of sulfonamides is 1. The Morgan fingerprint density at radius 1 is 1.00 bits per heavy atom. The average Bonchev–Trinajstić information content (AvgIpc) is 2.65. The molecule has 0 bridgehead atoms. The minimum Gasteiger partial charge on any atom is -0.340 e. The first-order valence-electron chi connectivity index (χ1n) is 8.90. The fourth-order valence-corrected chi connectivity index (χ4v) is 4.78. The van der Waals surface area contributed by atoms with Crippen molar-refractivity contribution in [3.05, 3.63) is 71.0 Å². The smallest absolute Gasteiger partial charge is 0.227 e. The molecular formula is C20H23FN2O3S. The third-order valence-electron chi connectivity index (χ3n) is 4.85. The van der Waals surface area contributed by atoms with Gasteiger partial charge in [-0.25, -0.2) is 12.8 Å². The third kappa shape index (κ3) is 4.93. The van der Waals surface area contributed by atoms with Crippen molar-refractivity contribution >= 4 is 15.9 Å². The fraction of sp³-hybridized carbons (Fsp3) is 0.350. The molecule has 1 aliphatic rings. The topological polar surface area (TPSA) is 57.7 Å². The van der Waals surface area contributed by atoms with Gasteiger partial charge in [0.25, 0.3) is 0 Å². The van der Waals surface area contributed by atoms with E-state index in [1.807, 2.05) is 31.2 Å². The number of amides is 1. The molecule has 7 heteroatoms. The first-order chi connectivity index (χ1) is 12.8. The Kier molecular flexibility index (Phi) is 5.92. The van der Waals surface area contributed by atoms with Gasteiger partial charge < -0.3 is 4.90 Å². The van der Waals surface area contributed by atoms with Crippen LogP contribution >= 0.6 is 0 Å². The van der Waals surface area contributed by atoms with E-state index in [-0.39, 0.29) is 23.9 Å². The highest BCUT2D eigenvalue weighted by atomic mass is 32.2. The third-order valence-corrected chi connectivity index (χ3v) is 6.68. The normalized spacial score (nSPS) is 15.7. The summed E-state index contributed by atoms with van der Waals surface area (Å²) in [6, 6.07) is 13.3. The van der Waals surface area contributed by atoms with Crippen LogP contribution in [0.25, 0.3) is 0 Å². The van der Waals surface area contributed by atoms with Crippen molar-refractivity contribution in [2.75, 3.05) is 26.2 Å². The van der Waals surface area contributed by atoms with Crippen molar-refractivity contribution < 1.29 is 17.6 Å². The Bertz CT molecular complexity index is 905. The van der Waals surface area contributed by atoms with Crippen LogP contribution in [0.5, 0.6) is 0 Å². The predicted molar refractivity (Wildman–Crippen MR) is 102 cm³/mol. The number of aryl methyl sites for hydroxylation is 1. The Balaban J connectivity index is 1.57. The van der Waals surface area contributed by atoms with Crippen LogP contribution in [0.1, 0.15) is 16.7 Å². The molecule has 1 saturated heterocycles. The largest absolute Gasteiger partial charge is 0.340 e. The number of rotatable bonds is 5. The van der Waals surface area contributed by atoms with E-state index < -0.39 is 10.0 Å². The molecule has 0 aliphatic carbocycles. The molecule has 1 fully saturated rings. The lowest BCUT2D eigenvalue weighted by atomic mass is 10.1. The van der Waals surface area contributed by atoms with Crippen molar-refractivity contribution in [2.24, 2.45) is 0 Å². The van der Waals surface area contributed by atoms with Gasteiger partial charge in [0.2, 0.25) is 15.9 Å². The molecule has 0 saturated carbocycles. The van der Waals surface area contributed by atoms with Crippen LogP contribution in [-0.2, 0) is 27.0 Å². The van der Waals surface area contributed by atoms with Gasteiger partial charge in [0.1, 0.15) is 5.82 Å². The monoisotopic (exact) mass is 390 g/mol. The van der Waals surface area contributed by atoms with E-state index in [0.29, 0.717) is 26.2 Å². The molecule has 0 radical (unpaired) electrons. The van der Waals surface area contributed by atoms with Gasteiger partial charge in [-0.15, -0.1) is 0 Å². The number of hydrogen-bond acceptors (Lipinski definition) is 3. The number of carbonyl (C=O) groups excluding carboxylic acids is 1. The maximum absolute atomic E-state index is 13.0. The van der Waals surface area contributed by atoms with Crippen LogP contribution in [0.2, 0.25) is 0 Å². The highest BCUT2D eigenvalue weighted by Gasteiger charge is 2.29. The van der Waals surface area contributed by atoms with E-state index in [0.717, 1.165) is 16.7 Å². The van der Waals surface area contributed by atoms with Gasteiger partial charge in [-0.3, -0.25) is 4.79 Å². The molecular weight excluding hydrogens is 367 g/mol. The highest BCUT2D eigenvalue weighted by molar-refractivity contribution is 7.88. The van der Waals surface area contributed by atoms with Crippen molar-refractivity contribution in [3.63, 3.8) is 0 Å². The maximum atomic E-state index is 13.0. The maximum Gasteiger partial charge on any atom is 0.227 e. The van der Waals surface area contributed by atoms with Crippen LogP contribution in [0, 0.1) is 12.7 Å². The Hall–Kier alpha value is -2.25. The zero-order valence-electron chi connectivity index (χ0n) is 15.3. The molecule has 0 unspecified atom stereocenters. The molecule has 1 aliphatic heterocycles. The summed E-state index contributed by atoms with van der Waals surface area (Å²) in [5.41, 5.74) is 2.50. The molecule has 0 N–H and O–H groups in total. The summed E-state index contributed by atoms with van der Waals surface area (Å²) in [4.78, 5) is 14.1. The average molecular weight is 390 g/mol. The van der Waals surface area contributed by atoms with Gasteiger partial charge in [-0.2, -0.15) is 4.31 Å². The lowest BCUT2D eigenvalue weighted by Crippen LogP contribution is -2.51. The molecule has 1 heterocycles. The van der Waals surface area contributed by atoms with Gasteiger partial charge in [-0.05, 0) is 35.7 Å². The zero-order chi connectivity index (χ0) is 19.4. The number of benzene rings is 2. The molecule has 1 amide bonds. The van der Waals surface area contributed by atoms with Gasteiger partial charge in [0, 0.05) is 26.2 Å². The standard InChI is InChI=1S/C20H23FN2O3S/c1-16-4-2-3-5-18(16)15-27(25,26)23-12-10-22(11-13-23)20(24)14-17-6-8-19(21)9-7-17/h2-9H,10-15H2,1H3. The molecule has 0 spiro atoms. The summed E-state index contributed by atoms with van der Waals surface area (Å²) >= 11 is 0. The SMILES string of the molecule is Cc1ccccc1CS(=O)(=O)N1CCN(C(=O)Cc2ccc(F)cc2)CC1. The van der Waals surface area contributed by atoms with Crippen LogP contribution in [0.3, 0.4) is 0 Å². The van der Waals surface area contributed by atoms with E-state index in [1.165, 1.54) is 16.4 Å². The minimum absolute atomic E-state index is 0.0246. The summed E-state index contributed by atoms with van der Waals surface area (Å²) in [7, 11) is -3.42. The Morgan fingerprint density at radius 2 is 1.63 bits per heavy atom. The lowest BCUT2D eigenvalue weighted by Gasteiger charge is -2.34. The summed E-state index contributed by atoms with van der Waals surface area (Å²) in [6.45, 7) is 3.23. The molecule has 0 atom stereocenters. The Morgan fingerprint density at radius 3 is 2.26 bits per heavy atom. The van der Waals surface area contributed by atoms with Crippen molar-refractivity contribution in [1.29, 1.82) is 0 Å². The van der Waals surface area contributed by atoms with Crippen molar-refractivity contribution in [3.8, 4) is 0 Å². The second-order valence-electron chi connectivity index (χ2n) is 6.77. The summed E-state index contributed by atoms with van der Waals surface area (Å²) in [6.07, 6.45) is 0.191. The van der Waals surface area contributed by atoms with Crippen LogP contribution in [0.15, 0.2) is 48.5 Å². The first-order valence-corrected chi connectivity index (χ1v) is 10.5. The Labute approximate surface area is 159 Å². The van der Waals surface area contributed by atoms with E-state index in [1.54, 1.807) is 17.0 Å². The lowest BCUT2D eigenvalue weighted by molar-refractivity contribution is -0.131. The quantitative estimate of drug-likeness (QED) is 0.788. The van der Waals surface area contributed by atoms with Crippen LogP contribution < -0.4 is 0 Å². The van der Waals surface area contributed by atoms with E-state index >= 15 is 0 Å². The fourth-order valence-electron chi connectivity index (χ4n) is 3.16. The highest BCUT2D eigenvalue weighted by Crippen LogP contribution is 2.17. The first kappa shape index (κ1) is 19.5. The molecule has 0 aromatic heterocycles. The molecule has 144 valence electrons. The van der Waals surface area contributed by atoms with Gasteiger partial charge in [0.15, 0.2) is 0 Å². The number of hydrogen-bond donors (Lipinski definition) is 0. The minimum atomic E-state index is -3.42. The van der Waals surface area contributed by atoms with Crippen molar-refractivity contribution in [1.82, 2.24) is 9.21 Å². The number of nitrogens with zero attached hydrogens (tertiary/aromatic N) is 2.